The van der Waals surface area contributed by atoms with E-state index in [1.807, 2.05) is 33.3 Å². The summed E-state index contributed by atoms with van der Waals surface area (Å²) in [5.41, 5.74) is 0. The molecule has 8 nitrogen and oxygen atoms in total. The second kappa shape index (κ2) is 30.6. The molecule has 0 amide bonds. The first-order chi connectivity index (χ1) is 22.6. The third-order valence-electron chi connectivity index (χ3n) is 7.77. The summed E-state index contributed by atoms with van der Waals surface area (Å²) in [5.74, 6) is -1.52. The highest BCUT2D eigenvalue weighted by Crippen LogP contribution is 2.12. The SMILES string of the molecule is CC/C=C/C=C/C=C/CCCCCCCC(=O)OC(COCCC(C(=O)O)[N+](C)(C)C)COC(=O)CCCCCC/C=C/CCCC. The van der Waals surface area contributed by atoms with E-state index in [0.717, 1.165) is 83.5 Å². The Morgan fingerprint density at radius 1 is 0.660 bits per heavy atom. The van der Waals surface area contributed by atoms with Gasteiger partial charge in [0.1, 0.15) is 6.61 Å². The highest BCUT2D eigenvalue weighted by Gasteiger charge is 2.31. The van der Waals surface area contributed by atoms with Crippen molar-refractivity contribution in [1.29, 1.82) is 0 Å². The number of aliphatic carboxylic acids is 1. The van der Waals surface area contributed by atoms with E-state index in [1.165, 1.54) is 12.8 Å². The Kier molecular flexibility index (Phi) is 28.8. The molecule has 0 bridgehead atoms. The third-order valence-corrected chi connectivity index (χ3v) is 7.77. The number of hydrogen-bond acceptors (Lipinski definition) is 6. The van der Waals surface area contributed by atoms with Gasteiger partial charge in [-0.05, 0) is 51.4 Å². The monoisotopic (exact) mass is 662 g/mol. The van der Waals surface area contributed by atoms with Crippen molar-refractivity contribution in [3.63, 3.8) is 0 Å². The molecule has 0 aliphatic rings. The van der Waals surface area contributed by atoms with E-state index < -0.39 is 18.1 Å². The lowest BCUT2D eigenvalue weighted by atomic mass is 10.1. The van der Waals surface area contributed by atoms with E-state index in [4.69, 9.17) is 14.2 Å². The van der Waals surface area contributed by atoms with Gasteiger partial charge in [0.05, 0.1) is 34.4 Å². The minimum atomic E-state index is -0.884. The molecule has 0 saturated carbocycles. The molecule has 1 N–H and O–H groups in total. The molecule has 0 aromatic rings. The average Bonchev–Trinajstić information content (AvgIpc) is 3.01. The molecule has 0 aliphatic carbocycles. The first-order valence-electron chi connectivity index (χ1n) is 18.2. The Balaban J connectivity index is 4.51. The van der Waals surface area contributed by atoms with Crippen LogP contribution < -0.4 is 0 Å². The summed E-state index contributed by atoms with van der Waals surface area (Å²) in [4.78, 5) is 36.7. The molecule has 0 aromatic heterocycles. The van der Waals surface area contributed by atoms with Gasteiger partial charge < -0.3 is 23.8 Å². The standard InChI is InChI=1S/C39H67NO7/c1-6-8-10-12-14-16-18-19-20-22-24-26-28-30-38(42)47-35(33-45-32-31-36(39(43)44)40(3,4)5)34-46-37(41)29-27-25-23-21-17-15-13-11-9-7-2/h8,10,12-16,18,35-36H,6-7,9,11,17,19-34H2,1-5H3/p+1/b10-8+,14-12+,15-13+,18-16+. The summed E-state index contributed by atoms with van der Waals surface area (Å²) in [7, 11) is 5.49. The van der Waals surface area contributed by atoms with Crippen molar-refractivity contribution in [2.75, 3.05) is 41.0 Å². The van der Waals surface area contributed by atoms with Gasteiger partial charge >= 0.3 is 17.9 Å². The van der Waals surface area contributed by atoms with Crippen molar-refractivity contribution in [2.45, 2.75) is 142 Å². The smallest absolute Gasteiger partial charge is 0.362 e. The molecule has 270 valence electrons. The quantitative estimate of drug-likeness (QED) is 0.0260. The molecule has 0 saturated heterocycles. The normalized spacial score (nSPS) is 13.6. The number of quaternary nitrogens is 1. The van der Waals surface area contributed by atoms with Gasteiger partial charge in [0.15, 0.2) is 12.1 Å². The Morgan fingerprint density at radius 2 is 1.21 bits per heavy atom. The van der Waals surface area contributed by atoms with Crippen molar-refractivity contribution in [2.24, 2.45) is 0 Å². The molecular formula is C39H68NO7+. The van der Waals surface area contributed by atoms with E-state index >= 15 is 0 Å². The second-order valence-corrected chi connectivity index (χ2v) is 13.2. The number of carboxylic acid groups (broad SMARTS) is 1. The number of carbonyl (C=O) groups excluding carboxylic acids is 2. The van der Waals surface area contributed by atoms with Crippen molar-refractivity contribution in [3.8, 4) is 0 Å². The summed E-state index contributed by atoms with van der Waals surface area (Å²) >= 11 is 0. The van der Waals surface area contributed by atoms with Crippen LogP contribution in [0.3, 0.4) is 0 Å². The molecule has 0 aromatic carbocycles. The molecular weight excluding hydrogens is 594 g/mol. The number of unbranched alkanes of at least 4 members (excludes halogenated alkanes) is 11. The predicted molar refractivity (Wildman–Crippen MR) is 192 cm³/mol. The number of likely N-dealkylation sites (N-methyl/N-ethyl adjacent to an activating group) is 1. The van der Waals surface area contributed by atoms with Gasteiger partial charge in [-0.2, -0.15) is 0 Å². The largest absolute Gasteiger partial charge is 0.477 e. The minimum absolute atomic E-state index is 0.0475. The van der Waals surface area contributed by atoms with Gasteiger partial charge in [-0.3, -0.25) is 9.59 Å². The Morgan fingerprint density at radius 3 is 1.81 bits per heavy atom. The lowest BCUT2D eigenvalue weighted by Crippen LogP contribution is -2.50. The predicted octanol–water partition coefficient (Wildman–Crippen LogP) is 8.90. The summed E-state index contributed by atoms with van der Waals surface area (Å²) in [6.45, 7) is 4.49. The molecule has 0 radical (unpaired) electrons. The fraction of sp³-hybridized carbons (Fsp3) is 0.718. The number of nitrogens with zero attached hydrogens (tertiary/aromatic N) is 1. The molecule has 0 rings (SSSR count). The number of carbonyl (C=O) groups is 3. The van der Waals surface area contributed by atoms with E-state index in [2.05, 4.69) is 50.3 Å². The molecule has 8 heteroatoms. The number of carboxylic acids is 1. The first-order valence-corrected chi connectivity index (χ1v) is 18.2. The van der Waals surface area contributed by atoms with Crippen LogP contribution in [0.4, 0.5) is 0 Å². The molecule has 0 fully saturated rings. The molecule has 0 heterocycles. The Hall–Kier alpha value is -2.71. The minimum Gasteiger partial charge on any atom is -0.477 e. The Bertz CT molecular complexity index is 917. The van der Waals surface area contributed by atoms with Gasteiger partial charge in [-0.25, -0.2) is 4.79 Å². The van der Waals surface area contributed by atoms with Crippen LogP contribution in [0, 0.1) is 0 Å². The summed E-state index contributed by atoms with van der Waals surface area (Å²) in [6.07, 6.45) is 33.0. The first kappa shape index (κ1) is 44.3. The van der Waals surface area contributed by atoms with Crippen LogP contribution >= 0.6 is 0 Å². The van der Waals surface area contributed by atoms with Crippen molar-refractivity contribution >= 4 is 17.9 Å². The van der Waals surface area contributed by atoms with Gasteiger partial charge in [0, 0.05) is 19.3 Å². The Labute approximate surface area is 286 Å². The zero-order valence-electron chi connectivity index (χ0n) is 30.5. The lowest BCUT2D eigenvalue weighted by molar-refractivity contribution is -0.887. The maximum Gasteiger partial charge on any atom is 0.362 e. The van der Waals surface area contributed by atoms with Crippen LogP contribution in [0.25, 0.3) is 0 Å². The van der Waals surface area contributed by atoms with Crippen LogP contribution in [0.1, 0.15) is 129 Å². The maximum atomic E-state index is 12.6. The topological polar surface area (TPSA) is 99.1 Å². The zero-order valence-corrected chi connectivity index (χ0v) is 30.5. The molecule has 2 atom stereocenters. The summed E-state index contributed by atoms with van der Waals surface area (Å²) in [6, 6.07) is -0.619. The number of ether oxygens (including phenoxy) is 3. The molecule has 47 heavy (non-hydrogen) atoms. The fourth-order valence-corrected chi connectivity index (χ4v) is 4.89. The van der Waals surface area contributed by atoms with E-state index in [1.54, 1.807) is 0 Å². The van der Waals surface area contributed by atoms with Crippen molar-refractivity contribution in [1.82, 2.24) is 0 Å². The maximum absolute atomic E-state index is 12.6. The molecule has 0 spiro atoms. The van der Waals surface area contributed by atoms with Crippen LogP contribution in [-0.4, -0.2) is 80.6 Å². The highest BCUT2D eigenvalue weighted by molar-refractivity contribution is 5.72. The van der Waals surface area contributed by atoms with Gasteiger partial charge in [-0.1, -0.05) is 107 Å². The number of rotatable bonds is 31. The van der Waals surface area contributed by atoms with Crippen LogP contribution in [0.5, 0.6) is 0 Å². The third kappa shape index (κ3) is 29.2. The molecule has 2 unspecified atom stereocenters. The highest BCUT2D eigenvalue weighted by atomic mass is 16.6. The van der Waals surface area contributed by atoms with E-state index in [9.17, 15) is 19.5 Å². The average molecular weight is 663 g/mol. The van der Waals surface area contributed by atoms with E-state index in [-0.39, 0.29) is 36.2 Å². The van der Waals surface area contributed by atoms with Crippen molar-refractivity contribution in [3.05, 3.63) is 48.6 Å². The van der Waals surface area contributed by atoms with Crippen LogP contribution in [-0.2, 0) is 28.6 Å². The lowest BCUT2D eigenvalue weighted by Gasteiger charge is -2.31. The number of allylic oxidation sites excluding steroid dienone is 8. The summed E-state index contributed by atoms with van der Waals surface area (Å²) < 4.78 is 17.1. The summed E-state index contributed by atoms with van der Waals surface area (Å²) in [5, 5.41) is 9.56. The second-order valence-electron chi connectivity index (χ2n) is 13.2. The van der Waals surface area contributed by atoms with Gasteiger partial charge in [0.25, 0.3) is 0 Å². The number of hydrogen-bond donors (Lipinski definition) is 1. The van der Waals surface area contributed by atoms with Crippen molar-refractivity contribution < 1.29 is 38.2 Å². The van der Waals surface area contributed by atoms with Crippen LogP contribution in [0.2, 0.25) is 0 Å². The zero-order chi connectivity index (χ0) is 35.0. The van der Waals surface area contributed by atoms with Gasteiger partial charge in [-0.15, -0.1) is 0 Å². The van der Waals surface area contributed by atoms with Crippen LogP contribution in [0.15, 0.2) is 48.6 Å². The van der Waals surface area contributed by atoms with Gasteiger partial charge in [0.2, 0.25) is 0 Å². The van der Waals surface area contributed by atoms with E-state index in [0.29, 0.717) is 19.3 Å². The molecule has 0 aliphatic heterocycles. The number of esters is 2. The fourth-order valence-electron chi connectivity index (χ4n) is 4.89.